The third-order valence-corrected chi connectivity index (χ3v) is 3.74. The van der Waals surface area contributed by atoms with Crippen molar-refractivity contribution in [3.8, 4) is 0 Å². The second-order valence-electron chi connectivity index (χ2n) is 3.86. The van der Waals surface area contributed by atoms with E-state index in [-0.39, 0.29) is 0 Å². The number of nitrogens with zero attached hydrogens (tertiary/aromatic N) is 1. The van der Waals surface area contributed by atoms with Crippen molar-refractivity contribution in [3.05, 3.63) is 16.6 Å². The van der Waals surface area contributed by atoms with Gasteiger partial charge in [0.15, 0.2) is 0 Å². The van der Waals surface area contributed by atoms with Gasteiger partial charge in [-0.2, -0.15) is 0 Å². The van der Waals surface area contributed by atoms with Crippen LogP contribution >= 0.6 is 11.3 Å². The first-order valence-electron chi connectivity index (χ1n) is 5.62. The van der Waals surface area contributed by atoms with Crippen molar-refractivity contribution in [2.75, 3.05) is 19.8 Å². The fraction of sp³-hybridized carbons (Fsp3) is 0.727. The fourth-order valence-corrected chi connectivity index (χ4v) is 2.92. The number of aromatic nitrogens is 1. The topological polar surface area (TPSA) is 34.2 Å². The smallest absolute Gasteiger partial charge is 0.110 e. The van der Waals surface area contributed by atoms with Crippen LogP contribution in [-0.2, 0) is 4.74 Å². The first kappa shape index (κ1) is 11.0. The minimum atomic E-state index is 0.430. The molecule has 15 heavy (non-hydrogen) atoms. The average Bonchev–Trinajstić information content (AvgIpc) is 2.80. The molecule has 0 spiro atoms. The fourth-order valence-electron chi connectivity index (χ4n) is 2.11. The number of rotatable bonds is 4. The summed E-state index contributed by atoms with van der Waals surface area (Å²) in [6.07, 6.45) is 4.19. The van der Waals surface area contributed by atoms with Crippen LogP contribution in [0.2, 0.25) is 0 Å². The first-order valence-corrected chi connectivity index (χ1v) is 6.50. The number of nitrogens with one attached hydrogen (secondary N) is 1. The number of hydrogen-bond acceptors (Lipinski definition) is 4. The van der Waals surface area contributed by atoms with Crippen LogP contribution < -0.4 is 5.32 Å². The quantitative estimate of drug-likeness (QED) is 0.855. The standard InChI is InChI=1S/C11H18N2OS/c1-2-12-10(11-13-5-8-15-11)9-3-6-14-7-4-9/h5,8-10,12H,2-4,6-7H2,1H3. The molecule has 1 aromatic heterocycles. The van der Waals surface area contributed by atoms with E-state index in [4.69, 9.17) is 4.74 Å². The van der Waals surface area contributed by atoms with Gasteiger partial charge in [-0.05, 0) is 25.3 Å². The molecule has 84 valence electrons. The summed E-state index contributed by atoms with van der Waals surface area (Å²) in [6.45, 7) is 4.96. The number of hydrogen-bond donors (Lipinski definition) is 1. The summed E-state index contributed by atoms with van der Waals surface area (Å²) >= 11 is 1.75. The lowest BCUT2D eigenvalue weighted by molar-refractivity contribution is 0.0538. The van der Waals surface area contributed by atoms with Crippen LogP contribution in [-0.4, -0.2) is 24.7 Å². The van der Waals surface area contributed by atoms with E-state index < -0.39 is 0 Å². The van der Waals surface area contributed by atoms with Crippen molar-refractivity contribution in [1.29, 1.82) is 0 Å². The highest BCUT2D eigenvalue weighted by atomic mass is 32.1. The predicted molar refractivity (Wildman–Crippen MR) is 62.1 cm³/mol. The Balaban J connectivity index is 2.04. The Kier molecular flexibility index (Phi) is 4.11. The average molecular weight is 226 g/mol. The minimum Gasteiger partial charge on any atom is -0.381 e. The molecule has 0 amide bonds. The molecule has 1 aromatic rings. The van der Waals surface area contributed by atoms with Crippen molar-refractivity contribution in [2.24, 2.45) is 5.92 Å². The normalized spacial score (nSPS) is 20.3. The summed E-state index contributed by atoms with van der Waals surface area (Å²) < 4.78 is 5.40. The molecule has 0 saturated carbocycles. The van der Waals surface area contributed by atoms with E-state index in [1.807, 2.05) is 6.20 Å². The molecule has 0 radical (unpaired) electrons. The van der Waals surface area contributed by atoms with Gasteiger partial charge in [0.05, 0.1) is 6.04 Å². The molecule has 1 aliphatic heterocycles. The zero-order chi connectivity index (χ0) is 10.5. The lowest BCUT2D eigenvalue weighted by atomic mass is 9.92. The molecular formula is C11H18N2OS. The van der Waals surface area contributed by atoms with E-state index in [1.54, 1.807) is 11.3 Å². The van der Waals surface area contributed by atoms with E-state index in [2.05, 4.69) is 22.6 Å². The minimum absolute atomic E-state index is 0.430. The van der Waals surface area contributed by atoms with Crippen LogP contribution in [0.4, 0.5) is 0 Å². The molecule has 1 atom stereocenters. The maximum Gasteiger partial charge on any atom is 0.110 e. The van der Waals surface area contributed by atoms with Gasteiger partial charge >= 0.3 is 0 Å². The van der Waals surface area contributed by atoms with E-state index in [9.17, 15) is 0 Å². The zero-order valence-corrected chi connectivity index (χ0v) is 9.93. The molecule has 1 N–H and O–H groups in total. The maximum absolute atomic E-state index is 5.40. The van der Waals surface area contributed by atoms with Crippen molar-refractivity contribution in [1.82, 2.24) is 10.3 Å². The van der Waals surface area contributed by atoms with Crippen LogP contribution in [0.5, 0.6) is 0 Å². The Bertz CT molecular complexity index is 270. The predicted octanol–water partition coefficient (Wildman–Crippen LogP) is 2.22. The molecule has 1 fully saturated rings. The van der Waals surface area contributed by atoms with Crippen molar-refractivity contribution in [2.45, 2.75) is 25.8 Å². The van der Waals surface area contributed by atoms with Gasteiger partial charge < -0.3 is 10.1 Å². The van der Waals surface area contributed by atoms with Crippen LogP contribution in [0.25, 0.3) is 0 Å². The van der Waals surface area contributed by atoms with Crippen LogP contribution in [0.15, 0.2) is 11.6 Å². The Hall–Kier alpha value is -0.450. The molecule has 0 aliphatic carbocycles. The van der Waals surface area contributed by atoms with E-state index in [0.717, 1.165) is 32.6 Å². The van der Waals surface area contributed by atoms with E-state index in [0.29, 0.717) is 12.0 Å². The molecule has 4 heteroatoms. The second-order valence-corrected chi connectivity index (χ2v) is 4.78. The van der Waals surface area contributed by atoms with Gasteiger partial charge in [0, 0.05) is 24.8 Å². The molecule has 2 rings (SSSR count). The third kappa shape index (κ3) is 2.77. The molecule has 3 nitrogen and oxygen atoms in total. The Morgan fingerprint density at radius 3 is 3.00 bits per heavy atom. The Morgan fingerprint density at radius 2 is 2.40 bits per heavy atom. The van der Waals surface area contributed by atoms with Gasteiger partial charge in [-0.25, -0.2) is 4.98 Å². The van der Waals surface area contributed by atoms with Gasteiger partial charge in [0.2, 0.25) is 0 Å². The summed E-state index contributed by atoms with van der Waals surface area (Å²) in [5.74, 6) is 0.685. The van der Waals surface area contributed by atoms with Gasteiger partial charge in [0.1, 0.15) is 5.01 Å². The summed E-state index contributed by atoms with van der Waals surface area (Å²) in [6, 6.07) is 0.430. The van der Waals surface area contributed by atoms with Gasteiger partial charge in [-0.1, -0.05) is 6.92 Å². The van der Waals surface area contributed by atoms with Crippen LogP contribution in [0.3, 0.4) is 0 Å². The largest absolute Gasteiger partial charge is 0.381 e. The van der Waals surface area contributed by atoms with Gasteiger partial charge in [-0.15, -0.1) is 11.3 Å². The maximum atomic E-state index is 5.40. The zero-order valence-electron chi connectivity index (χ0n) is 9.11. The summed E-state index contributed by atoms with van der Waals surface area (Å²) in [5.41, 5.74) is 0. The molecule has 1 saturated heterocycles. The third-order valence-electron chi connectivity index (χ3n) is 2.88. The Labute approximate surface area is 94.9 Å². The monoisotopic (exact) mass is 226 g/mol. The highest BCUT2D eigenvalue weighted by Crippen LogP contribution is 2.30. The van der Waals surface area contributed by atoms with Crippen LogP contribution in [0.1, 0.15) is 30.8 Å². The lowest BCUT2D eigenvalue weighted by Crippen LogP contribution is -2.31. The second kappa shape index (κ2) is 5.58. The molecule has 1 aliphatic rings. The summed E-state index contributed by atoms with van der Waals surface area (Å²) in [5, 5.41) is 6.83. The highest BCUT2D eigenvalue weighted by molar-refractivity contribution is 7.09. The summed E-state index contributed by atoms with van der Waals surface area (Å²) in [7, 11) is 0. The molecule has 2 heterocycles. The van der Waals surface area contributed by atoms with Crippen molar-refractivity contribution < 1.29 is 4.74 Å². The van der Waals surface area contributed by atoms with Crippen LogP contribution in [0, 0.1) is 5.92 Å². The van der Waals surface area contributed by atoms with E-state index in [1.165, 1.54) is 5.01 Å². The van der Waals surface area contributed by atoms with Gasteiger partial charge in [0.25, 0.3) is 0 Å². The molecular weight excluding hydrogens is 208 g/mol. The number of thiazole rings is 1. The first-order chi connectivity index (χ1) is 7.42. The van der Waals surface area contributed by atoms with Crippen molar-refractivity contribution in [3.63, 3.8) is 0 Å². The Morgan fingerprint density at radius 1 is 1.60 bits per heavy atom. The molecule has 0 aromatic carbocycles. The van der Waals surface area contributed by atoms with Gasteiger partial charge in [-0.3, -0.25) is 0 Å². The summed E-state index contributed by atoms with van der Waals surface area (Å²) in [4.78, 5) is 4.43. The van der Waals surface area contributed by atoms with E-state index >= 15 is 0 Å². The lowest BCUT2D eigenvalue weighted by Gasteiger charge is -2.29. The highest BCUT2D eigenvalue weighted by Gasteiger charge is 2.26. The SMILES string of the molecule is CCNC(c1nccs1)C1CCOCC1. The number of ether oxygens (including phenoxy) is 1. The van der Waals surface area contributed by atoms with Crippen molar-refractivity contribution >= 4 is 11.3 Å². The molecule has 0 bridgehead atoms. The molecule has 1 unspecified atom stereocenters.